The maximum atomic E-state index is 12.7. The van der Waals surface area contributed by atoms with E-state index >= 15 is 0 Å². The highest BCUT2D eigenvalue weighted by atomic mass is 32.1. The van der Waals surface area contributed by atoms with Crippen LogP contribution >= 0.6 is 11.3 Å². The number of aryl methyl sites for hydroxylation is 1. The molecule has 4 nitrogen and oxygen atoms in total. The van der Waals surface area contributed by atoms with Crippen LogP contribution in [0.2, 0.25) is 0 Å². The van der Waals surface area contributed by atoms with Gasteiger partial charge < -0.3 is 10.6 Å². The molecule has 1 aliphatic rings. The van der Waals surface area contributed by atoms with Crippen LogP contribution in [0.3, 0.4) is 0 Å². The van der Waals surface area contributed by atoms with E-state index in [1.165, 1.54) is 0 Å². The second-order valence-electron chi connectivity index (χ2n) is 6.04. The molecule has 2 unspecified atom stereocenters. The van der Waals surface area contributed by atoms with Crippen LogP contribution in [-0.4, -0.2) is 28.9 Å². The lowest BCUT2D eigenvalue weighted by Gasteiger charge is -2.33. The Bertz CT molecular complexity index is 655. The predicted octanol–water partition coefficient (Wildman–Crippen LogP) is 3.11. The number of rotatable bonds is 4. The van der Waals surface area contributed by atoms with Crippen LogP contribution in [0.4, 0.5) is 0 Å². The molecule has 1 fully saturated rings. The number of piperidine rings is 1. The molecule has 0 spiro atoms. The maximum absolute atomic E-state index is 12.7. The number of benzene rings is 1. The minimum atomic E-state index is -0.572. The van der Waals surface area contributed by atoms with Crippen molar-refractivity contribution in [2.24, 2.45) is 5.73 Å². The highest BCUT2D eigenvalue weighted by Gasteiger charge is 2.29. The van der Waals surface area contributed by atoms with Crippen molar-refractivity contribution in [3.63, 3.8) is 0 Å². The monoisotopic (exact) mass is 329 g/mol. The zero-order valence-corrected chi connectivity index (χ0v) is 14.3. The normalized spacial score (nSPS) is 19.6. The van der Waals surface area contributed by atoms with E-state index in [1.807, 2.05) is 35.2 Å². The molecule has 1 amide bonds. The lowest BCUT2D eigenvalue weighted by atomic mass is 9.97. The van der Waals surface area contributed by atoms with Crippen LogP contribution in [0.1, 0.15) is 48.0 Å². The molecule has 1 saturated heterocycles. The number of nitrogens with zero attached hydrogens (tertiary/aromatic N) is 2. The Labute approximate surface area is 141 Å². The molecule has 5 heteroatoms. The molecule has 1 aromatic heterocycles. The summed E-state index contributed by atoms with van der Waals surface area (Å²) < 4.78 is 0. The molecule has 2 N–H and O–H groups in total. The summed E-state index contributed by atoms with van der Waals surface area (Å²) in [6.45, 7) is 3.65. The summed E-state index contributed by atoms with van der Waals surface area (Å²) in [5, 5.41) is 3.29. The van der Waals surface area contributed by atoms with Crippen molar-refractivity contribution >= 4 is 17.2 Å². The Kier molecular flexibility index (Phi) is 5.08. The molecule has 1 aromatic carbocycles. The van der Waals surface area contributed by atoms with Gasteiger partial charge in [-0.1, -0.05) is 37.3 Å². The third-order valence-corrected chi connectivity index (χ3v) is 5.49. The molecule has 2 heterocycles. The number of carbonyl (C=O) groups excluding carboxylic acids is 1. The van der Waals surface area contributed by atoms with E-state index in [2.05, 4.69) is 12.3 Å². The minimum absolute atomic E-state index is 0.0215. The van der Waals surface area contributed by atoms with Gasteiger partial charge in [-0.15, -0.1) is 11.3 Å². The molecule has 2 atom stereocenters. The van der Waals surface area contributed by atoms with Gasteiger partial charge in [0.1, 0.15) is 6.04 Å². The van der Waals surface area contributed by atoms with Gasteiger partial charge in [-0.25, -0.2) is 4.98 Å². The first-order valence-electron chi connectivity index (χ1n) is 8.22. The van der Waals surface area contributed by atoms with Crippen molar-refractivity contribution in [3.8, 4) is 0 Å². The van der Waals surface area contributed by atoms with E-state index in [9.17, 15) is 4.79 Å². The highest BCUT2D eigenvalue weighted by Crippen LogP contribution is 2.30. The van der Waals surface area contributed by atoms with Gasteiger partial charge in [0, 0.05) is 24.4 Å². The van der Waals surface area contributed by atoms with E-state index in [0.717, 1.165) is 48.6 Å². The van der Waals surface area contributed by atoms with Gasteiger partial charge in [0.05, 0.1) is 10.7 Å². The smallest absolute Gasteiger partial charge is 0.244 e. The van der Waals surface area contributed by atoms with Gasteiger partial charge in [0.25, 0.3) is 0 Å². The van der Waals surface area contributed by atoms with Gasteiger partial charge in [-0.3, -0.25) is 4.79 Å². The van der Waals surface area contributed by atoms with Crippen LogP contribution in [0, 0.1) is 0 Å². The highest BCUT2D eigenvalue weighted by molar-refractivity contribution is 7.09. The first kappa shape index (κ1) is 16.1. The molecule has 3 rings (SSSR count). The Morgan fingerprint density at radius 3 is 2.91 bits per heavy atom. The standard InChI is InChI=1S/C18H23N3OS/c1-2-15-12-23-17(20-15)14-9-6-10-21(11-14)18(22)16(19)13-7-4-3-5-8-13/h3-5,7-8,12,14,16H,2,6,9-11,19H2,1H3. The maximum Gasteiger partial charge on any atom is 0.244 e. The van der Waals surface area contributed by atoms with Crippen LogP contribution in [0.25, 0.3) is 0 Å². The fraction of sp³-hybridized carbons (Fsp3) is 0.444. The number of nitrogens with two attached hydrogens (primary N) is 1. The average molecular weight is 329 g/mol. The Morgan fingerprint density at radius 2 is 2.22 bits per heavy atom. The summed E-state index contributed by atoms with van der Waals surface area (Å²) in [6, 6.07) is 9.03. The van der Waals surface area contributed by atoms with Gasteiger partial charge in [0.2, 0.25) is 5.91 Å². The number of amides is 1. The molecular formula is C18H23N3OS. The molecule has 0 radical (unpaired) electrons. The number of aromatic nitrogens is 1. The lowest BCUT2D eigenvalue weighted by Crippen LogP contribution is -2.43. The van der Waals surface area contributed by atoms with Gasteiger partial charge in [-0.2, -0.15) is 0 Å². The van der Waals surface area contributed by atoms with Crippen molar-refractivity contribution in [2.75, 3.05) is 13.1 Å². The third-order valence-electron chi connectivity index (χ3n) is 4.44. The van der Waals surface area contributed by atoms with E-state index in [0.29, 0.717) is 5.92 Å². The molecule has 0 saturated carbocycles. The number of carbonyl (C=O) groups is 1. The molecule has 23 heavy (non-hydrogen) atoms. The second-order valence-corrected chi connectivity index (χ2v) is 6.93. The molecule has 0 aliphatic carbocycles. The van der Waals surface area contributed by atoms with Crippen LogP contribution in [-0.2, 0) is 11.2 Å². The number of hydrogen-bond acceptors (Lipinski definition) is 4. The van der Waals surface area contributed by atoms with Crippen molar-refractivity contribution in [2.45, 2.75) is 38.1 Å². The van der Waals surface area contributed by atoms with E-state index in [-0.39, 0.29) is 5.91 Å². The quantitative estimate of drug-likeness (QED) is 0.937. The van der Waals surface area contributed by atoms with Crippen molar-refractivity contribution in [1.29, 1.82) is 0 Å². The lowest BCUT2D eigenvalue weighted by molar-refractivity contribution is -0.134. The average Bonchev–Trinajstić information content (AvgIpc) is 3.10. The Balaban J connectivity index is 1.69. The van der Waals surface area contributed by atoms with Crippen LogP contribution in [0.15, 0.2) is 35.7 Å². The van der Waals surface area contributed by atoms with E-state index in [4.69, 9.17) is 10.7 Å². The van der Waals surface area contributed by atoms with Gasteiger partial charge in [-0.05, 0) is 24.8 Å². The number of thiazole rings is 1. The summed E-state index contributed by atoms with van der Waals surface area (Å²) in [5.74, 6) is 0.370. The summed E-state index contributed by atoms with van der Waals surface area (Å²) in [5.41, 5.74) is 8.20. The van der Waals surface area contributed by atoms with Gasteiger partial charge >= 0.3 is 0 Å². The Hall–Kier alpha value is -1.72. The fourth-order valence-electron chi connectivity index (χ4n) is 3.05. The summed E-state index contributed by atoms with van der Waals surface area (Å²) in [6.07, 6.45) is 3.07. The predicted molar refractivity (Wildman–Crippen MR) is 93.4 cm³/mol. The van der Waals surface area contributed by atoms with Crippen LogP contribution < -0.4 is 5.73 Å². The van der Waals surface area contributed by atoms with E-state index < -0.39 is 6.04 Å². The zero-order chi connectivity index (χ0) is 16.2. The van der Waals surface area contributed by atoms with Crippen molar-refractivity contribution < 1.29 is 4.79 Å². The van der Waals surface area contributed by atoms with Crippen LogP contribution in [0.5, 0.6) is 0 Å². The molecule has 0 bridgehead atoms. The van der Waals surface area contributed by atoms with Crippen molar-refractivity contribution in [3.05, 3.63) is 52.0 Å². The topological polar surface area (TPSA) is 59.2 Å². The molecule has 1 aliphatic heterocycles. The Morgan fingerprint density at radius 1 is 1.43 bits per heavy atom. The number of hydrogen-bond donors (Lipinski definition) is 1. The zero-order valence-electron chi connectivity index (χ0n) is 13.4. The molecule has 2 aromatic rings. The van der Waals surface area contributed by atoms with Crippen molar-refractivity contribution in [1.82, 2.24) is 9.88 Å². The third kappa shape index (κ3) is 3.62. The number of likely N-dealkylation sites (tertiary alicyclic amines) is 1. The first-order valence-corrected chi connectivity index (χ1v) is 9.10. The SMILES string of the molecule is CCc1csc(C2CCCN(C(=O)C(N)c3ccccc3)C2)n1. The minimum Gasteiger partial charge on any atom is -0.340 e. The largest absolute Gasteiger partial charge is 0.340 e. The fourth-order valence-corrected chi connectivity index (χ4v) is 4.08. The summed E-state index contributed by atoms with van der Waals surface area (Å²) in [7, 11) is 0. The first-order chi connectivity index (χ1) is 11.2. The second kappa shape index (κ2) is 7.23. The molecular weight excluding hydrogens is 306 g/mol. The summed E-state index contributed by atoms with van der Waals surface area (Å²) >= 11 is 1.72. The molecule has 122 valence electrons. The summed E-state index contributed by atoms with van der Waals surface area (Å²) in [4.78, 5) is 19.3. The van der Waals surface area contributed by atoms with Gasteiger partial charge in [0.15, 0.2) is 0 Å². The van der Waals surface area contributed by atoms with E-state index in [1.54, 1.807) is 11.3 Å².